The van der Waals surface area contributed by atoms with Gasteiger partial charge < -0.3 is 15.0 Å². The number of nitrogens with one attached hydrogen (secondary N) is 1. The van der Waals surface area contributed by atoms with Crippen LogP contribution in [0.5, 0.6) is 5.75 Å². The zero-order valence-corrected chi connectivity index (χ0v) is 25.4. The molecule has 0 aromatic heterocycles. The average Bonchev–Trinajstić information content (AvgIpc) is 3.00. The van der Waals surface area contributed by atoms with E-state index in [1.807, 2.05) is 58.0 Å². The average molecular weight is 580 g/mol. The molecule has 41 heavy (non-hydrogen) atoms. The summed E-state index contributed by atoms with van der Waals surface area (Å²) in [6.45, 7) is 7.38. The summed E-state index contributed by atoms with van der Waals surface area (Å²) >= 11 is 0. The van der Waals surface area contributed by atoms with E-state index in [0.717, 1.165) is 28.3 Å². The Labute approximate surface area is 244 Å². The number of anilines is 1. The predicted octanol–water partition coefficient (Wildman–Crippen LogP) is 5.18. The van der Waals surface area contributed by atoms with Crippen LogP contribution in [0.2, 0.25) is 0 Å². The van der Waals surface area contributed by atoms with E-state index in [9.17, 15) is 18.0 Å². The van der Waals surface area contributed by atoms with Crippen molar-refractivity contribution < 1.29 is 22.7 Å². The maximum Gasteiger partial charge on any atom is 0.264 e. The molecule has 2 atom stereocenters. The van der Waals surface area contributed by atoms with Crippen LogP contribution in [-0.4, -0.2) is 50.9 Å². The van der Waals surface area contributed by atoms with Gasteiger partial charge in [-0.25, -0.2) is 8.42 Å². The monoisotopic (exact) mass is 579 g/mol. The molecule has 0 radical (unpaired) electrons. The maximum absolute atomic E-state index is 14.2. The molecule has 2 amide bonds. The van der Waals surface area contributed by atoms with E-state index in [0.29, 0.717) is 17.9 Å². The van der Waals surface area contributed by atoms with Gasteiger partial charge in [0.2, 0.25) is 11.8 Å². The Morgan fingerprint density at radius 1 is 0.878 bits per heavy atom. The van der Waals surface area contributed by atoms with Gasteiger partial charge in [-0.3, -0.25) is 13.9 Å². The third-order valence-electron chi connectivity index (χ3n) is 7.12. The number of hydrogen-bond acceptors (Lipinski definition) is 5. The lowest BCUT2D eigenvalue weighted by Gasteiger charge is -2.33. The van der Waals surface area contributed by atoms with Crippen molar-refractivity contribution in [3.63, 3.8) is 0 Å². The Balaban J connectivity index is 2.06. The molecular formula is C32H41N3O5S. The number of benzene rings is 3. The van der Waals surface area contributed by atoms with Crippen molar-refractivity contribution in [1.29, 1.82) is 0 Å². The van der Waals surface area contributed by atoms with Crippen LogP contribution in [0.1, 0.15) is 51.7 Å². The minimum atomic E-state index is -4.10. The number of methoxy groups -OCH3 is 1. The molecule has 0 spiro atoms. The van der Waals surface area contributed by atoms with E-state index in [1.165, 1.54) is 17.0 Å². The first-order valence-corrected chi connectivity index (χ1v) is 15.5. The number of carbonyl (C=O) groups excluding carboxylic acids is 2. The molecular weight excluding hydrogens is 538 g/mol. The predicted molar refractivity (Wildman–Crippen MR) is 162 cm³/mol. The molecule has 3 aromatic rings. The quantitative estimate of drug-likeness (QED) is 0.284. The van der Waals surface area contributed by atoms with Crippen LogP contribution in [0.25, 0.3) is 0 Å². The molecule has 3 rings (SSSR count). The highest BCUT2D eigenvalue weighted by Gasteiger charge is 2.34. The van der Waals surface area contributed by atoms with E-state index in [4.69, 9.17) is 4.74 Å². The van der Waals surface area contributed by atoms with Crippen molar-refractivity contribution in [2.24, 2.45) is 0 Å². The molecule has 0 fully saturated rings. The van der Waals surface area contributed by atoms with Crippen molar-refractivity contribution in [2.45, 2.75) is 70.5 Å². The SMILES string of the molecule is CCc1ccc(N(CC(=O)N(Cc2cccc(OC)c2)[C@@H](CC)C(=O)N[C@H](C)CC)S(=O)(=O)c2ccccc2)cc1. The molecule has 0 saturated carbocycles. The maximum atomic E-state index is 14.2. The zero-order chi connectivity index (χ0) is 30.0. The first-order valence-electron chi connectivity index (χ1n) is 14.0. The normalized spacial score (nSPS) is 12.7. The molecule has 0 unspecified atom stereocenters. The van der Waals surface area contributed by atoms with Crippen LogP contribution in [0.4, 0.5) is 5.69 Å². The van der Waals surface area contributed by atoms with Gasteiger partial charge in [0.1, 0.15) is 18.3 Å². The Morgan fingerprint density at radius 3 is 2.15 bits per heavy atom. The van der Waals surface area contributed by atoms with E-state index < -0.39 is 28.5 Å². The second kappa shape index (κ2) is 14.7. The van der Waals surface area contributed by atoms with Gasteiger partial charge in [-0.05, 0) is 73.7 Å². The van der Waals surface area contributed by atoms with E-state index >= 15 is 0 Å². The lowest BCUT2D eigenvalue weighted by molar-refractivity contribution is -0.140. The molecule has 220 valence electrons. The number of carbonyl (C=O) groups is 2. The molecule has 0 aliphatic carbocycles. The third kappa shape index (κ3) is 8.10. The second-order valence-corrected chi connectivity index (χ2v) is 11.8. The van der Waals surface area contributed by atoms with Gasteiger partial charge in [-0.1, -0.05) is 63.2 Å². The van der Waals surface area contributed by atoms with Gasteiger partial charge in [0.05, 0.1) is 17.7 Å². The molecule has 1 N–H and O–H groups in total. The Bertz CT molecular complexity index is 1390. The highest BCUT2D eigenvalue weighted by Crippen LogP contribution is 2.26. The number of hydrogen-bond donors (Lipinski definition) is 1. The van der Waals surface area contributed by atoms with Gasteiger partial charge in [0.25, 0.3) is 10.0 Å². The van der Waals surface area contributed by atoms with Crippen LogP contribution < -0.4 is 14.4 Å². The second-order valence-electron chi connectivity index (χ2n) is 9.96. The lowest BCUT2D eigenvalue weighted by Crippen LogP contribution is -2.53. The van der Waals surface area contributed by atoms with Gasteiger partial charge in [-0.15, -0.1) is 0 Å². The highest BCUT2D eigenvalue weighted by molar-refractivity contribution is 7.92. The summed E-state index contributed by atoms with van der Waals surface area (Å²) in [5.74, 6) is -0.141. The largest absolute Gasteiger partial charge is 0.497 e. The number of amides is 2. The summed E-state index contributed by atoms with van der Waals surface area (Å²) in [4.78, 5) is 29.1. The number of aryl methyl sites for hydroxylation is 1. The minimum Gasteiger partial charge on any atom is -0.497 e. The summed E-state index contributed by atoms with van der Waals surface area (Å²) in [7, 11) is -2.53. The van der Waals surface area contributed by atoms with Crippen LogP contribution in [0.3, 0.4) is 0 Å². The van der Waals surface area contributed by atoms with Crippen molar-refractivity contribution in [3.8, 4) is 5.75 Å². The van der Waals surface area contributed by atoms with Crippen LogP contribution in [0, 0.1) is 0 Å². The summed E-state index contributed by atoms with van der Waals surface area (Å²) < 4.78 is 34.3. The Kier molecular flexibility index (Phi) is 11.3. The van der Waals surface area contributed by atoms with Crippen molar-refractivity contribution in [2.75, 3.05) is 18.0 Å². The van der Waals surface area contributed by atoms with Gasteiger partial charge in [0.15, 0.2) is 0 Å². The molecule has 9 heteroatoms. The van der Waals surface area contributed by atoms with Crippen LogP contribution >= 0.6 is 0 Å². The van der Waals surface area contributed by atoms with Gasteiger partial charge in [-0.2, -0.15) is 0 Å². The molecule has 0 aliphatic heterocycles. The van der Waals surface area contributed by atoms with Gasteiger partial charge in [0, 0.05) is 12.6 Å². The first kappa shape index (κ1) is 31.7. The fourth-order valence-corrected chi connectivity index (χ4v) is 5.91. The summed E-state index contributed by atoms with van der Waals surface area (Å²) in [6.07, 6.45) is 1.89. The summed E-state index contributed by atoms with van der Waals surface area (Å²) in [6, 6.07) is 21.6. The Morgan fingerprint density at radius 2 is 1.56 bits per heavy atom. The number of nitrogens with zero attached hydrogens (tertiary/aromatic N) is 2. The molecule has 0 heterocycles. The summed E-state index contributed by atoms with van der Waals surface area (Å²) in [5, 5.41) is 2.99. The molecule has 0 bridgehead atoms. The topological polar surface area (TPSA) is 96.0 Å². The zero-order valence-electron chi connectivity index (χ0n) is 24.5. The highest BCUT2D eigenvalue weighted by atomic mass is 32.2. The molecule has 8 nitrogen and oxygen atoms in total. The number of ether oxygens (including phenoxy) is 1. The standard InChI is InChI=1S/C32H41N3O5S/c1-6-24(4)33-32(37)30(8-3)34(22-26-13-12-14-28(21-26)40-5)31(36)23-35(27-19-17-25(7-2)18-20-27)41(38,39)29-15-10-9-11-16-29/h9-21,24,30H,6-8,22-23H2,1-5H3,(H,33,37)/t24-,30+/m1/s1. The molecule has 0 saturated heterocycles. The van der Waals surface area contributed by atoms with Gasteiger partial charge >= 0.3 is 0 Å². The van der Waals surface area contributed by atoms with Crippen molar-refractivity contribution >= 4 is 27.5 Å². The number of sulfonamides is 1. The third-order valence-corrected chi connectivity index (χ3v) is 8.90. The van der Waals surface area contributed by atoms with Crippen molar-refractivity contribution in [3.05, 3.63) is 90.0 Å². The smallest absolute Gasteiger partial charge is 0.264 e. The first-order chi connectivity index (χ1) is 19.6. The van der Waals surface area contributed by atoms with E-state index in [-0.39, 0.29) is 23.4 Å². The fraction of sp³-hybridized carbons (Fsp3) is 0.375. The van der Waals surface area contributed by atoms with E-state index in [1.54, 1.807) is 43.5 Å². The molecule has 0 aliphatic rings. The lowest BCUT2D eigenvalue weighted by atomic mass is 10.1. The summed E-state index contributed by atoms with van der Waals surface area (Å²) in [5.41, 5.74) is 2.18. The fourth-order valence-electron chi connectivity index (χ4n) is 4.47. The minimum absolute atomic E-state index is 0.0719. The Hall–Kier alpha value is -3.85. The molecule has 3 aromatic carbocycles. The van der Waals surface area contributed by atoms with Crippen LogP contribution in [0.15, 0.2) is 83.8 Å². The van der Waals surface area contributed by atoms with E-state index in [2.05, 4.69) is 5.32 Å². The van der Waals surface area contributed by atoms with Crippen molar-refractivity contribution in [1.82, 2.24) is 10.2 Å². The number of rotatable bonds is 14. The van der Waals surface area contributed by atoms with Crippen LogP contribution in [-0.2, 0) is 32.6 Å².